The van der Waals surface area contributed by atoms with Crippen LogP contribution in [-0.4, -0.2) is 29.9 Å². The Balaban J connectivity index is 1.57. The first kappa shape index (κ1) is 16.8. The van der Waals surface area contributed by atoms with Crippen LogP contribution in [-0.2, 0) is 13.1 Å². The lowest BCUT2D eigenvalue weighted by atomic mass is 10.1. The molecule has 0 aliphatic rings. The molecule has 6 heteroatoms. The highest BCUT2D eigenvalue weighted by molar-refractivity contribution is 7.14. The Labute approximate surface area is 149 Å². The van der Waals surface area contributed by atoms with Crippen LogP contribution in [0.4, 0.5) is 0 Å². The third-order valence-corrected chi connectivity index (χ3v) is 5.05. The van der Waals surface area contributed by atoms with Crippen LogP contribution in [0.3, 0.4) is 0 Å². The summed E-state index contributed by atoms with van der Waals surface area (Å²) in [5.74, 6) is -0.134. The van der Waals surface area contributed by atoms with E-state index in [1.165, 1.54) is 16.9 Å². The Morgan fingerprint density at radius 2 is 1.88 bits per heavy atom. The first-order valence-electron chi connectivity index (χ1n) is 7.60. The highest BCUT2D eigenvalue weighted by atomic mass is 32.1. The zero-order valence-corrected chi connectivity index (χ0v) is 15.3. The van der Waals surface area contributed by atoms with E-state index in [4.69, 9.17) is 0 Å². The van der Waals surface area contributed by atoms with Gasteiger partial charge in [-0.3, -0.25) is 4.79 Å². The molecule has 2 aromatic heterocycles. The molecule has 0 spiro atoms. The average molecular weight is 358 g/mol. The molecule has 3 rings (SSSR count). The molecule has 0 aliphatic heterocycles. The van der Waals surface area contributed by atoms with Crippen LogP contribution in [0.15, 0.2) is 46.5 Å². The van der Waals surface area contributed by atoms with Gasteiger partial charge in [0.2, 0.25) is 0 Å². The molecule has 0 bridgehead atoms. The van der Waals surface area contributed by atoms with Crippen molar-refractivity contribution in [1.82, 2.24) is 15.2 Å². The summed E-state index contributed by atoms with van der Waals surface area (Å²) >= 11 is 3.12. The fourth-order valence-corrected chi connectivity index (χ4v) is 3.81. The van der Waals surface area contributed by atoms with Gasteiger partial charge in [-0.15, -0.1) is 11.3 Å². The molecule has 0 fully saturated rings. The summed E-state index contributed by atoms with van der Waals surface area (Å²) in [6.07, 6.45) is 0. The van der Waals surface area contributed by atoms with Crippen molar-refractivity contribution >= 4 is 28.6 Å². The van der Waals surface area contributed by atoms with Gasteiger partial charge in [0.25, 0.3) is 5.91 Å². The second-order valence-corrected chi connectivity index (χ2v) is 7.43. The molecule has 24 heavy (non-hydrogen) atoms. The topological polar surface area (TPSA) is 45.2 Å². The second-order valence-electron chi connectivity index (χ2n) is 5.79. The van der Waals surface area contributed by atoms with E-state index in [1.54, 1.807) is 11.3 Å². The molecule has 0 unspecified atom stereocenters. The number of nitrogens with one attached hydrogen (secondary N) is 1. The van der Waals surface area contributed by atoms with Gasteiger partial charge in [-0.1, -0.05) is 24.3 Å². The second kappa shape index (κ2) is 7.70. The number of hydrogen-bond acceptors (Lipinski definition) is 5. The SMILES string of the molecule is CN(C)Cc1ccc(CNC(=O)c2csc(-c3ccsc3)n2)cc1. The zero-order chi connectivity index (χ0) is 16.9. The van der Waals surface area contributed by atoms with Crippen LogP contribution in [0.1, 0.15) is 21.6 Å². The van der Waals surface area contributed by atoms with Crippen LogP contribution >= 0.6 is 22.7 Å². The third-order valence-electron chi connectivity index (χ3n) is 3.48. The Kier molecular flexibility index (Phi) is 5.40. The maximum atomic E-state index is 12.2. The molecule has 124 valence electrons. The number of rotatable bonds is 6. The van der Waals surface area contributed by atoms with Gasteiger partial charge in [0.05, 0.1) is 0 Å². The maximum absolute atomic E-state index is 12.2. The summed E-state index contributed by atoms with van der Waals surface area (Å²) in [7, 11) is 4.10. The van der Waals surface area contributed by atoms with E-state index in [0.29, 0.717) is 12.2 Å². The number of thiazole rings is 1. The lowest BCUT2D eigenvalue weighted by molar-refractivity contribution is 0.0946. The number of nitrogens with zero attached hydrogens (tertiary/aromatic N) is 2. The van der Waals surface area contributed by atoms with E-state index in [2.05, 4.69) is 39.5 Å². The van der Waals surface area contributed by atoms with Crippen molar-refractivity contribution in [2.75, 3.05) is 14.1 Å². The van der Waals surface area contributed by atoms with Crippen molar-refractivity contribution in [2.24, 2.45) is 0 Å². The standard InChI is InChI=1S/C18H19N3OS2/c1-21(2)10-14-5-3-13(4-6-14)9-19-17(22)16-12-24-18(20-16)15-7-8-23-11-15/h3-8,11-12H,9-10H2,1-2H3,(H,19,22). The van der Waals surface area contributed by atoms with E-state index in [1.807, 2.05) is 36.3 Å². The number of hydrogen-bond donors (Lipinski definition) is 1. The predicted octanol–water partition coefficient (Wildman–Crippen LogP) is 3.86. The highest BCUT2D eigenvalue weighted by Crippen LogP contribution is 2.25. The Morgan fingerprint density at radius 3 is 2.54 bits per heavy atom. The van der Waals surface area contributed by atoms with Crippen molar-refractivity contribution in [3.05, 3.63) is 63.3 Å². The zero-order valence-electron chi connectivity index (χ0n) is 13.7. The molecule has 0 saturated heterocycles. The number of carbonyl (C=O) groups excluding carboxylic acids is 1. The first-order chi connectivity index (χ1) is 11.6. The van der Waals surface area contributed by atoms with E-state index in [0.717, 1.165) is 22.7 Å². The van der Waals surface area contributed by atoms with Crippen molar-refractivity contribution in [3.8, 4) is 10.6 Å². The van der Waals surface area contributed by atoms with Crippen molar-refractivity contribution in [2.45, 2.75) is 13.1 Å². The van der Waals surface area contributed by atoms with Crippen molar-refractivity contribution in [1.29, 1.82) is 0 Å². The minimum atomic E-state index is -0.134. The smallest absolute Gasteiger partial charge is 0.271 e. The summed E-state index contributed by atoms with van der Waals surface area (Å²) in [5.41, 5.74) is 3.89. The number of amides is 1. The van der Waals surface area contributed by atoms with E-state index in [9.17, 15) is 4.79 Å². The number of thiophene rings is 1. The quantitative estimate of drug-likeness (QED) is 0.728. The van der Waals surface area contributed by atoms with Gasteiger partial charge in [-0.05, 0) is 36.7 Å². The largest absolute Gasteiger partial charge is 0.347 e. The molecule has 3 aromatic rings. The van der Waals surface area contributed by atoms with Gasteiger partial charge in [-0.25, -0.2) is 4.98 Å². The molecular formula is C18H19N3OS2. The normalized spacial score (nSPS) is 11.0. The van der Waals surface area contributed by atoms with Crippen LogP contribution < -0.4 is 5.32 Å². The summed E-state index contributed by atoms with van der Waals surface area (Å²) in [4.78, 5) is 18.8. The van der Waals surface area contributed by atoms with Gasteiger partial charge in [0, 0.05) is 29.4 Å². The first-order valence-corrected chi connectivity index (χ1v) is 9.43. The van der Waals surface area contributed by atoms with Gasteiger partial charge >= 0.3 is 0 Å². The summed E-state index contributed by atoms with van der Waals surface area (Å²) in [5, 5.41) is 9.67. The lowest BCUT2D eigenvalue weighted by Crippen LogP contribution is -2.23. The molecule has 1 aromatic carbocycles. The molecule has 1 amide bonds. The molecule has 0 atom stereocenters. The number of aromatic nitrogens is 1. The van der Waals surface area contributed by atoms with E-state index >= 15 is 0 Å². The summed E-state index contributed by atoms with van der Waals surface area (Å²) < 4.78 is 0. The number of carbonyl (C=O) groups is 1. The minimum absolute atomic E-state index is 0.134. The maximum Gasteiger partial charge on any atom is 0.271 e. The molecule has 1 N–H and O–H groups in total. The van der Waals surface area contributed by atoms with E-state index < -0.39 is 0 Å². The molecule has 0 radical (unpaired) electrons. The van der Waals surface area contributed by atoms with Crippen LogP contribution in [0.25, 0.3) is 10.6 Å². The fraction of sp³-hybridized carbons (Fsp3) is 0.222. The monoisotopic (exact) mass is 357 g/mol. The molecule has 0 aliphatic carbocycles. The van der Waals surface area contributed by atoms with Gasteiger partial charge < -0.3 is 10.2 Å². The predicted molar refractivity (Wildman–Crippen MR) is 100 cm³/mol. The average Bonchev–Trinajstić information content (AvgIpc) is 3.24. The summed E-state index contributed by atoms with van der Waals surface area (Å²) in [6.45, 7) is 1.42. The van der Waals surface area contributed by atoms with Crippen molar-refractivity contribution < 1.29 is 4.79 Å². The van der Waals surface area contributed by atoms with E-state index in [-0.39, 0.29) is 5.91 Å². The Hall–Kier alpha value is -2.02. The highest BCUT2D eigenvalue weighted by Gasteiger charge is 2.11. The lowest BCUT2D eigenvalue weighted by Gasteiger charge is -2.10. The van der Waals surface area contributed by atoms with Gasteiger partial charge in [0.15, 0.2) is 0 Å². The van der Waals surface area contributed by atoms with Crippen LogP contribution in [0.5, 0.6) is 0 Å². The molecule has 2 heterocycles. The van der Waals surface area contributed by atoms with Gasteiger partial charge in [-0.2, -0.15) is 11.3 Å². The third kappa shape index (κ3) is 4.29. The Morgan fingerprint density at radius 1 is 1.12 bits per heavy atom. The number of benzene rings is 1. The van der Waals surface area contributed by atoms with Crippen LogP contribution in [0, 0.1) is 0 Å². The van der Waals surface area contributed by atoms with Crippen molar-refractivity contribution in [3.63, 3.8) is 0 Å². The molecule has 4 nitrogen and oxygen atoms in total. The van der Waals surface area contributed by atoms with Gasteiger partial charge in [0.1, 0.15) is 10.7 Å². The Bertz CT molecular complexity index is 792. The molecular weight excluding hydrogens is 338 g/mol. The van der Waals surface area contributed by atoms with Crippen LogP contribution in [0.2, 0.25) is 0 Å². The molecule has 0 saturated carbocycles. The minimum Gasteiger partial charge on any atom is -0.347 e. The fourth-order valence-electron chi connectivity index (χ4n) is 2.30. The summed E-state index contributed by atoms with van der Waals surface area (Å²) in [6, 6.07) is 10.3.